The number of aromatic nitrogens is 1. The SMILES string of the molecule is CCC(N)(CCO)Cn1cc(C(=O)O)c(=O)c(-c2ccc(F)cc2)c1. The van der Waals surface area contributed by atoms with Crippen LogP contribution in [-0.2, 0) is 6.54 Å². The Labute approximate surface area is 144 Å². The number of carboxylic acids is 1. The Hall–Kier alpha value is -2.51. The number of hydrogen-bond acceptors (Lipinski definition) is 4. The molecule has 1 atom stereocenters. The molecular formula is C18H21FN2O4. The second-order valence-electron chi connectivity index (χ2n) is 6.09. The van der Waals surface area contributed by atoms with Gasteiger partial charge in [0.25, 0.3) is 0 Å². The molecule has 134 valence electrons. The fourth-order valence-electron chi connectivity index (χ4n) is 2.66. The number of hydrogen-bond donors (Lipinski definition) is 3. The van der Waals surface area contributed by atoms with Gasteiger partial charge in [-0.1, -0.05) is 19.1 Å². The van der Waals surface area contributed by atoms with Crippen LogP contribution in [-0.4, -0.2) is 32.9 Å². The number of aromatic carboxylic acids is 1. The minimum Gasteiger partial charge on any atom is -0.477 e. The number of carboxylic acid groups (broad SMARTS) is 1. The lowest BCUT2D eigenvalue weighted by atomic mass is 9.93. The molecule has 1 heterocycles. The van der Waals surface area contributed by atoms with Crippen molar-refractivity contribution in [3.05, 3.63) is 58.3 Å². The van der Waals surface area contributed by atoms with E-state index in [-0.39, 0.29) is 24.3 Å². The van der Waals surface area contributed by atoms with Crippen molar-refractivity contribution in [2.75, 3.05) is 6.61 Å². The standard InChI is InChI=1S/C18H21FN2O4/c1-2-18(20,7-8-22)11-21-9-14(12-3-5-13(19)6-4-12)16(23)15(10-21)17(24)25/h3-6,9-10,22H,2,7-8,11,20H2,1H3,(H,24,25). The van der Waals surface area contributed by atoms with Crippen LogP contribution in [0.1, 0.15) is 30.1 Å². The van der Waals surface area contributed by atoms with Crippen molar-refractivity contribution < 1.29 is 19.4 Å². The fourth-order valence-corrected chi connectivity index (χ4v) is 2.66. The van der Waals surface area contributed by atoms with Crippen LogP contribution < -0.4 is 11.2 Å². The Kier molecular flexibility index (Phi) is 5.71. The highest BCUT2D eigenvalue weighted by molar-refractivity contribution is 5.88. The third kappa shape index (κ3) is 4.32. The zero-order chi connectivity index (χ0) is 18.6. The zero-order valence-electron chi connectivity index (χ0n) is 13.9. The third-order valence-electron chi connectivity index (χ3n) is 4.28. The van der Waals surface area contributed by atoms with E-state index < -0.39 is 22.8 Å². The summed E-state index contributed by atoms with van der Waals surface area (Å²) in [5.74, 6) is -1.79. The van der Waals surface area contributed by atoms with E-state index in [1.54, 1.807) is 4.57 Å². The van der Waals surface area contributed by atoms with Crippen LogP contribution in [0.15, 0.2) is 41.5 Å². The van der Waals surface area contributed by atoms with Crippen molar-refractivity contribution in [1.29, 1.82) is 0 Å². The van der Waals surface area contributed by atoms with E-state index in [4.69, 9.17) is 5.73 Å². The van der Waals surface area contributed by atoms with Crippen molar-refractivity contribution in [3.63, 3.8) is 0 Å². The highest BCUT2D eigenvalue weighted by Crippen LogP contribution is 2.20. The van der Waals surface area contributed by atoms with Crippen molar-refractivity contribution in [2.45, 2.75) is 31.8 Å². The molecule has 1 aromatic carbocycles. The molecule has 0 saturated heterocycles. The van der Waals surface area contributed by atoms with Crippen LogP contribution in [0.3, 0.4) is 0 Å². The Morgan fingerprint density at radius 1 is 1.28 bits per heavy atom. The minimum absolute atomic E-state index is 0.0961. The van der Waals surface area contributed by atoms with Gasteiger partial charge in [-0.25, -0.2) is 9.18 Å². The summed E-state index contributed by atoms with van der Waals surface area (Å²) in [4.78, 5) is 23.9. The first-order chi connectivity index (χ1) is 11.8. The third-order valence-corrected chi connectivity index (χ3v) is 4.28. The first kappa shape index (κ1) is 18.8. The van der Waals surface area contributed by atoms with Gasteiger partial charge in [0.05, 0.1) is 0 Å². The molecule has 2 rings (SSSR count). The van der Waals surface area contributed by atoms with Crippen LogP contribution in [0.2, 0.25) is 0 Å². The Morgan fingerprint density at radius 2 is 1.92 bits per heavy atom. The van der Waals surface area contributed by atoms with E-state index in [2.05, 4.69) is 0 Å². The highest BCUT2D eigenvalue weighted by Gasteiger charge is 2.24. The maximum Gasteiger partial charge on any atom is 0.341 e. The number of aliphatic hydroxyl groups excluding tert-OH is 1. The molecule has 25 heavy (non-hydrogen) atoms. The number of pyridine rings is 1. The average Bonchev–Trinajstić information content (AvgIpc) is 2.57. The summed E-state index contributed by atoms with van der Waals surface area (Å²) in [6.45, 7) is 2.01. The summed E-state index contributed by atoms with van der Waals surface area (Å²) < 4.78 is 14.7. The predicted molar refractivity (Wildman–Crippen MR) is 92.0 cm³/mol. The Morgan fingerprint density at radius 3 is 2.44 bits per heavy atom. The lowest BCUT2D eigenvalue weighted by molar-refractivity contribution is 0.0694. The van der Waals surface area contributed by atoms with Crippen LogP contribution >= 0.6 is 0 Å². The number of nitrogens with zero attached hydrogens (tertiary/aromatic N) is 1. The predicted octanol–water partition coefficient (Wildman–Crippen LogP) is 1.84. The van der Waals surface area contributed by atoms with Crippen LogP contribution in [0.4, 0.5) is 4.39 Å². The molecule has 0 amide bonds. The molecule has 1 aromatic heterocycles. The molecule has 2 aromatic rings. The second kappa shape index (κ2) is 7.58. The summed E-state index contributed by atoms with van der Waals surface area (Å²) in [6, 6.07) is 5.26. The van der Waals surface area contributed by atoms with Crippen LogP contribution in [0.25, 0.3) is 11.1 Å². The fraction of sp³-hybridized carbons (Fsp3) is 0.333. The molecule has 7 heteroatoms. The van der Waals surface area contributed by atoms with Gasteiger partial charge in [0.2, 0.25) is 5.43 Å². The van der Waals surface area contributed by atoms with E-state index in [9.17, 15) is 24.2 Å². The normalized spacial score (nSPS) is 13.4. The molecule has 0 bridgehead atoms. The summed E-state index contributed by atoms with van der Waals surface area (Å²) in [7, 11) is 0. The van der Waals surface area contributed by atoms with Gasteiger partial charge in [-0.05, 0) is 30.5 Å². The van der Waals surface area contributed by atoms with Gasteiger partial charge in [-0.3, -0.25) is 4.79 Å². The zero-order valence-corrected chi connectivity index (χ0v) is 13.9. The molecule has 4 N–H and O–H groups in total. The molecule has 0 aliphatic rings. The molecule has 0 spiro atoms. The summed E-state index contributed by atoms with van der Waals surface area (Å²) in [5, 5.41) is 18.5. The van der Waals surface area contributed by atoms with E-state index in [0.717, 1.165) is 0 Å². The number of halogens is 1. The summed E-state index contributed by atoms with van der Waals surface area (Å²) in [6.07, 6.45) is 3.65. The summed E-state index contributed by atoms with van der Waals surface area (Å²) in [5.41, 5.74) is 5.07. The number of carbonyl (C=O) groups is 1. The first-order valence-electron chi connectivity index (χ1n) is 7.92. The van der Waals surface area contributed by atoms with Crippen LogP contribution in [0.5, 0.6) is 0 Å². The van der Waals surface area contributed by atoms with E-state index in [1.807, 2.05) is 6.92 Å². The van der Waals surface area contributed by atoms with Gasteiger partial charge in [0.1, 0.15) is 11.4 Å². The number of benzene rings is 1. The first-order valence-corrected chi connectivity index (χ1v) is 7.92. The van der Waals surface area contributed by atoms with E-state index in [1.165, 1.54) is 36.7 Å². The number of aliphatic hydroxyl groups is 1. The number of nitrogens with two attached hydrogens (primary N) is 1. The molecule has 1 unspecified atom stereocenters. The van der Waals surface area contributed by atoms with Gasteiger partial charge in [0.15, 0.2) is 0 Å². The van der Waals surface area contributed by atoms with Crippen molar-refractivity contribution >= 4 is 5.97 Å². The van der Waals surface area contributed by atoms with Crippen molar-refractivity contribution in [2.24, 2.45) is 5.73 Å². The Balaban J connectivity index is 2.57. The molecule has 0 aliphatic carbocycles. The van der Waals surface area contributed by atoms with Crippen LogP contribution in [0, 0.1) is 5.82 Å². The lowest BCUT2D eigenvalue weighted by Crippen LogP contribution is -2.44. The van der Waals surface area contributed by atoms with Crippen molar-refractivity contribution in [3.8, 4) is 11.1 Å². The monoisotopic (exact) mass is 348 g/mol. The average molecular weight is 348 g/mol. The number of rotatable bonds is 7. The van der Waals surface area contributed by atoms with Gasteiger partial charge in [-0.15, -0.1) is 0 Å². The maximum atomic E-state index is 13.1. The smallest absolute Gasteiger partial charge is 0.341 e. The maximum absolute atomic E-state index is 13.1. The quantitative estimate of drug-likeness (QED) is 0.708. The molecule has 0 saturated carbocycles. The molecule has 6 nitrogen and oxygen atoms in total. The van der Waals surface area contributed by atoms with E-state index in [0.29, 0.717) is 18.4 Å². The lowest BCUT2D eigenvalue weighted by Gasteiger charge is -2.29. The van der Waals surface area contributed by atoms with Gasteiger partial charge < -0.3 is 20.5 Å². The van der Waals surface area contributed by atoms with E-state index >= 15 is 0 Å². The topological polar surface area (TPSA) is 106 Å². The molecular weight excluding hydrogens is 327 g/mol. The van der Waals surface area contributed by atoms with Gasteiger partial charge in [-0.2, -0.15) is 0 Å². The molecule has 0 fully saturated rings. The Bertz CT molecular complexity index is 817. The summed E-state index contributed by atoms with van der Waals surface area (Å²) >= 11 is 0. The van der Waals surface area contributed by atoms with Gasteiger partial charge in [0, 0.05) is 36.6 Å². The van der Waals surface area contributed by atoms with Crippen molar-refractivity contribution in [1.82, 2.24) is 4.57 Å². The minimum atomic E-state index is -1.34. The second-order valence-corrected chi connectivity index (χ2v) is 6.09. The molecule has 0 aliphatic heterocycles. The highest BCUT2D eigenvalue weighted by atomic mass is 19.1. The van der Waals surface area contributed by atoms with Gasteiger partial charge >= 0.3 is 5.97 Å². The largest absolute Gasteiger partial charge is 0.477 e. The molecule has 0 radical (unpaired) electrons.